The Hall–Kier alpha value is -1.75. The average molecular weight is 408 g/mol. The van der Waals surface area contributed by atoms with E-state index in [-0.39, 0.29) is 12.0 Å². The van der Waals surface area contributed by atoms with Gasteiger partial charge >= 0.3 is 5.97 Å². The predicted octanol–water partition coefficient (Wildman–Crippen LogP) is 5.28. The molecule has 0 aromatic heterocycles. The first kappa shape index (κ1) is 20.0. The van der Waals surface area contributed by atoms with Crippen LogP contribution in [-0.2, 0) is 4.79 Å². The van der Waals surface area contributed by atoms with Gasteiger partial charge < -0.3 is 9.84 Å². The number of nitrogens with zero attached hydrogens (tertiary/aromatic N) is 1. The molecule has 1 heterocycles. The topological polar surface area (TPSA) is 49.8 Å². The Bertz CT molecular complexity index is 804. The fourth-order valence-electron chi connectivity index (χ4n) is 3.68. The normalized spacial score (nSPS) is 16.9. The first-order valence-corrected chi connectivity index (χ1v) is 9.90. The lowest BCUT2D eigenvalue weighted by Gasteiger charge is -2.38. The van der Waals surface area contributed by atoms with Gasteiger partial charge in [-0.15, -0.1) is 0 Å². The zero-order chi connectivity index (χ0) is 19.4. The van der Waals surface area contributed by atoms with E-state index in [1.807, 2.05) is 43.3 Å². The monoisotopic (exact) mass is 407 g/mol. The maximum absolute atomic E-state index is 11.3. The number of carbonyl (C=O) groups is 1. The lowest BCUT2D eigenvalue weighted by molar-refractivity contribution is -0.143. The second-order valence-corrected chi connectivity index (χ2v) is 7.53. The summed E-state index contributed by atoms with van der Waals surface area (Å²) in [5.74, 6) is -0.188. The van der Waals surface area contributed by atoms with Crippen LogP contribution in [0, 0.1) is 5.92 Å². The van der Waals surface area contributed by atoms with Crippen LogP contribution in [0.15, 0.2) is 42.5 Å². The highest BCUT2D eigenvalue weighted by Gasteiger charge is 2.32. The summed E-state index contributed by atoms with van der Waals surface area (Å²) >= 11 is 12.7. The largest absolute Gasteiger partial charge is 0.494 e. The van der Waals surface area contributed by atoms with E-state index >= 15 is 0 Å². The van der Waals surface area contributed by atoms with E-state index in [4.69, 9.17) is 27.9 Å². The number of halogens is 2. The number of hydrogen-bond acceptors (Lipinski definition) is 3. The lowest BCUT2D eigenvalue weighted by Crippen LogP contribution is -2.39. The summed E-state index contributed by atoms with van der Waals surface area (Å²) in [6, 6.07) is 13.4. The molecule has 2 aromatic carbocycles. The highest BCUT2D eigenvalue weighted by atomic mass is 35.5. The molecule has 1 saturated heterocycles. The number of hydrogen-bond donors (Lipinski definition) is 1. The minimum absolute atomic E-state index is 0.118. The number of aliphatic carboxylic acids is 1. The fraction of sp³-hybridized carbons (Fsp3) is 0.381. The van der Waals surface area contributed by atoms with Crippen LogP contribution in [0.5, 0.6) is 5.75 Å². The number of carboxylic acids is 1. The summed E-state index contributed by atoms with van der Waals surface area (Å²) < 4.78 is 5.86. The van der Waals surface area contributed by atoms with E-state index in [0.29, 0.717) is 42.6 Å². The van der Waals surface area contributed by atoms with Crippen molar-refractivity contribution in [2.24, 2.45) is 5.92 Å². The van der Waals surface area contributed by atoms with Gasteiger partial charge in [0.2, 0.25) is 0 Å². The van der Waals surface area contributed by atoms with Crippen molar-refractivity contribution in [3.63, 3.8) is 0 Å². The van der Waals surface area contributed by atoms with Crippen molar-refractivity contribution in [3.8, 4) is 5.75 Å². The summed E-state index contributed by atoms with van der Waals surface area (Å²) in [7, 11) is 0. The third-order valence-corrected chi connectivity index (χ3v) is 5.58. The van der Waals surface area contributed by atoms with Crippen LogP contribution in [0.2, 0.25) is 10.0 Å². The zero-order valence-electron chi connectivity index (χ0n) is 15.2. The molecule has 27 heavy (non-hydrogen) atoms. The molecule has 0 bridgehead atoms. The van der Waals surface area contributed by atoms with Crippen molar-refractivity contribution < 1.29 is 14.6 Å². The van der Waals surface area contributed by atoms with Crippen molar-refractivity contribution in [2.75, 3.05) is 19.7 Å². The molecule has 1 aliphatic rings. The third-order valence-electron chi connectivity index (χ3n) is 5.01. The molecule has 0 aliphatic carbocycles. The van der Waals surface area contributed by atoms with E-state index in [0.717, 1.165) is 16.9 Å². The molecular weight excluding hydrogens is 385 g/mol. The molecule has 144 valence electrons. The average Bonchev–Trinajstić information content (AvgIpc) is 2.65. The van der Waals surface area contributed by atoms with E-state index in [9.17, 15) is 9.90 Å². The van der Waals surface area contributed by atoms with Gasteiger partial charge in [-0.05, 0) is 56.6 Å². The van der Waals surface area contributed by atoms with Crippen LogP contribution >= 0.6 is 23.2 Å². The standard InChI is InChI=1S/C21H23Cl2NO3/c1-2-27-19-6-4-3-5-17(19)20(16-8-7-15(22)13-18(16)23)24-11-9-14(10-12-24)21(25)26/h3-8,13-14,20H,2,9-12H2,1H3,(H,25,26). The van der Waals surface area contributed by atoms with Gasteiger partial charge in [-0.2, -0.15) is 0 Å². The van der Waals surface area contributed by atoms with Gasteiger partial charge in [-0.1, -0.05) is 47.5 Å². The molecule has 4 nitrogen and oxygen atoms in total. The zero-order valence-corrected chi connectivity index (χ0v) is 16.7. The van der Waals surface area contributed by atoms with E-state index < -0.39 is 5.97 Å². The van der Waals surface area contributed by atoms with Crippen LogP contribution in [-0.4, -0.2) is 35.7 Å². The van der Waals surface area contributed by atoms with Crippen LogP contribution in [0.3, 0.4) is 0 Å². The maximum Gasteiger partial charge on any atom is 0.306 e. The van der Waals surface area contributed by atoms with Gasteiger partial charge in [0.15, 0.2) is 0 Å². The van der Waals surface area contributed by atoms with Gasteiger partial charge in [0.05, 0.1) is 18.6 Å². The molecule has 1 fully saturated rings. The molecule has 6 heteroatoms. The van der Waals surface area contributed by atoms with Gasteiger partial charge in [0.1, 0.15) is 5.75 Å². The molecule has 1 atom stereocenters. The van der Waals surface area contributed by atoms with E-state index in [2.05, 4.69) is 4.90 Å². The van der Waals surface area contributed by atoms with Crippen LogP contribution < -0.4 is 4.74 Å². The summed E-state index contributed by atoms with van der Waals surface area (Å²) in [6.45, 7) is 3.89. The van der Waals surface area contributed by atoms with Crippen LogP contribution in [0.25, 0.3) is 0 Å². The molecule has 1 unspecified atom stereocenters. The second kappa shape index (κ2) is 8.96. The smallest absolute Gasteiger partial charge is 0.306 e. The number of ether oxygens (including phenoxy) is 1. The van der Waals surface area contributed by atoms with Gasteiger partial charge in [0.25, 0.3) is 0 Å². The first-order valence-electron chi connectivity index (χ1n) is 9.14. The Kier molecular flexibility index (Phi) is 6.64. The fourth-order valence-corrected chi connectivity index (χ4v) is 4.19. The first-order chi connectivity index (χ1) is 13.0. The van der Waals surface area contributed by atoms with Crippen molar-refractivity contribution in [1.82, 2.24) is 4.90 Å². The maximum atomic E-state index is 11.3. The number of likely N-dealkylation sites (tertiary alicyclic amines) is 1. The molecule has 3 rings (SSSR count). The summed E-state index contributed by atoms with van der Waals surface area (Å²) in [5, 5.41) is 10.5. The molecular formula is C21H23Cl2NO3. The Morgan fingerprint density at radius 1 is 1.19 bits per heavy atom. The molecule has 0 saturated carbocycles. The molecule has 0 radical (unpaired) electrons. The van der Waals surface area contributed by atoms with E-state index in [1.54, 1.807) is 6.07 Å². The highest BCUT2D eigenvalue weighted by Crippen LogP contribution is 2.40. The number of carboxylic acid groups (broad SMARTS) is 1. The van der Waals surface area contributed by atoms with Crippen LogP contribution in [0.4, 0.5) is 0 Å². The Morgan fingerprint density at radius 3 is 2.52 bits per heavy atom. The highest BCUT2D eigenvalue weighted by molar-refractivity contribution is 6.35. The van der Waals surface area contributed by atoms with Gasteiger partial charge in [0, 0.05) is 15.6 Å². The SMILES string of the molecule is CCOc1ccccc1C(c1ccc(Cl)cc1Cl)N1CCC(C(=O)O)CC1. The summed E-state index contributed by atoms with van der Waals surface area (Å²) in [5.41, 5.74) is 1.97. The third kappa shape index (κ3) is 4.57. The van der Waals surface area contributed by atoms with Gasteiger partial charge in [-0.3, -0.25) is 9.69 Å². The number of piperidine rings is 1. The number of para-hydroxylation sites is 1. The summed E-state index contributed by atoms with van der Waals surface area (Å²) in [6.07, 6.45) is 1.24. The minimum atomic E-state index is -0.717. The van der Waals surface area contributed by atoms with E-state index in [1.165, 1.54) is 0 Å². The molecule has 0 spiro atoms. The van der Waals surface area contributed by atoms with Crippen molar-refractivity contribution in [2.45, 2.75) is 25.8 Å². The molecule has 2 aromatic rings. The molecule has 1 N–H and O–H groups in total. The quantitative estimate of drug-likeness (QED) is 0.707. The molecule has 1 aliphatic heterocycles. The number of benzene rings is 2. The summed E-state index contributed by atoms with van der Waals surface area (Å²) in [4.78, 5) is 13.6. The van der Waals surface area contributed by atoms with Crippen molar-refractivity contribution in [3.05, 3.63) is 63.6 Å². The Labute approximate surface area is 169 Å². The lowest BCUT2D eigenvalue weighted by atomic mass is 9.91. The second-order valence-electron chi connectivity index (χ2n) is 6.69. The number of rotatable bonds is 6. The minimum Gasteiger partial charge on any atom is -0.494 e. The molecule has 0 amide bonds. The van der Waals surface area contributed by atoms with Crippen molar-refractivity contribution in [1.29, 1.82) is 0 Å². The van der Waals surface area contributed by atoms with Gasteiger partial charge in [-0.25, -0.2) is 0 Å². The van der Waals surface area contributed by atoms with Crippen molar-refractivity contribution >= 4 is 29.2 Å². The Morgan fingerprint density at radius 2 is 1.89 bits per heavy atom. The van der Waals surface area contributed by atoms with Crippen LogP contribution in [0.1, 0.15) is 36.9 Å². The Balaban J connectivity index is 2.01. The predicted molar refractivity (Wildman–Crippen MR) is 108 cm³/mol.